The second kappa shape index (κ2) is 5.79. The normalized spacial score (nSPS) is 11.4. The van der Waals surface area contributed by atoms with Crippen molar-refractivity contribution in [3.63, 3.8) is 0 Å². The van der Waals surface area contributed by atoms with Crippen LogP contribution in [0.3, 0.4) is 0 Å². The van der Waals surface area contributed by atoms with Crippen molar-refractivity contribution >= 4 is 51.5 Å². The summed E-state index contributed by atoms with van der Waals surface area (Å²) >= 11 is 11.8. The molecule has 0 aliphatic rings. The molecule has 1 amide bonds. The van der Waals surface area contributed by atoms with E-state index in [1.807, 2.05) is 24.3 Å². The second-order valence-corrected chi connectivity index (χ2v) is 5.41. The number of benzene rings is 2. The summed E-state index contributed by atoms with van der Waals surface area (Å²) in [6.07, 6.45) is 0. The molecule has 0 aliphatic heterocycles. The molecule has 0 spiro atoms. The van der Waals surface area contributed by atoms with E-state index in [0.29, 0.717) is 16.7 Å². The molecule has 0 aliphatic carbocycles. The van der Waals surface area contributed by atoms with Crippen LogP contribution < -0.4 is 5.73 Å². The van der Waals surface area contributed by atoms with Gasteiger partial charge in [-0.2, -0.15) is 0 Å². The molecular formula is C15H10Cl2N4O. The van der Waals surface area contributed by atoms with E-state index in [9.17, 15) is 4.79 Å². The number of rotatable bonds is 2. The number of fused-ring (bicyclic) bond motifs is 1. The lowest BCUT2D eigenvalue weighted by molar-refractivity contribution is 0.0995. The third-order valence-corrected chi connectivity index (χ3v) is 3.68. The molecule has 0 unspecified atom stereocenters. The summed E-state index contributed by atoms with van der Waals surface area (Å²) in [7, 11) is 0. The molecule has 0 saturated carbocycles. The van der Waals surface area contributed by atoms with Gasteiger partial charge in [-0.05, 0) is 18.2 Å². The first-order valence-corrected chi connectivity index (χ1v) is 7.09. The van der Waals surface area contributed by atoms with E-state index in [1.54, 1.807) is 6.07 Å². The number of halogens is 2. The number of hydrogen-bond acceptors (Lipinski definition) is 3. The summed E-state index contributed by atoms with van der Waals surface area (Å²) in [4.78, 5) is 15.0. The topological polar surface area (TPSA) is 83.6 Å². The first kappa shape index (κ1) is 14.6. The van der Waals surface area contributed by atoms with Crippen molar-refractivity contribution < 1.29 is 4.79 Å². The van der Waals surface area contributed by atoms with Crippen molar-refractivity contribution in [3.05, 3.63) is 58.1 Å². The number of carbonyl (C=O) groups is 1. The minimum absolute atomic E-state index is 0.229. The molecule has 0 atom stereocenters. The number of hydrogen-bond donors (Lipinski definition) is 2. The lowest BCUT2D eigenvalue weighted by atomic mass is 10.2. The smallest absolute Gasteiger partial charge is 0.296 e. The Labute approximate surface area is 135 Å². The number of anilines is 1. The highest BCUT2D eigenvalue weighted by Crippen LogP contribution is 2.30. The number of azo groups is 1. The van der Waals surface area contributed by atoms with Crippen LogP contribution in [0.4, 0.5) is 11.6 Å². The molecule has 7 heteroatoms. The summed E-state index contributed by atoms with van der Waals surface area (Å²) in [6, 6.07) is 12.0. The SMILES string of the molecule is Nc1[nH]c(N=NC(=O)c2ccc(Cl)cc2Cl)c2ccccc12. The van der Waals surface area contributed by atoms with Gasteiger partial charge in [0.05, 0.1) is 10.6 Å². The summed E-state index contributed by atoms with van der Waals surface area (Å²) in [5.41, 5.74) is 6.09. The fourth-order valence-electron chi connectivity index (χ4n) is 2.08. The number of carbonyl (C=O) groups excluding carboxylic acids is 1. The maximum Gasteiger partial charge on any atom is 0.296 e. The molecule has 3 aromatic rings. The highest BCUT2D eigenvalue weighted by Gasteiger charge is 2.11. The molecule has 5 nitrogen and oxygen atoms in total. The Morgan fingerprint density at radius 1 is 1.09 bits per heavy atom. The molecule has 0 radical (unpaired) electrons. The fraction of sp³-hybridized carbons (Fsp3) is 0. The number of nitrogen functional groups attached to an aromatic ring is 1. The predicted octanol–water partition coefficient (Wildman–Crippen LogP) is 4.98. The van der Waals surface area contributed by atoms with Crippen molar-refractivity contribution in [3.8, 4) is 0 Å². The molecule has 2 aromatic carbocycles. The van der Waals surface area contributed by atoms with Gasteiger partial charge in [0, 0.05) is 15.8 Å². The average molecular weight is 333 g/mol. The monoisotopic (exact) mass is 332 g/mol. The quantitative estimate of drug-likeness (QED) is 0.648. The molecular weight excluding hydrogens is 323 g/mol. The van der Waals surface area contributed by atoms with E-state index in [-0.39, 0.29) is 10.6 Å². The number of nitrogens with two attached hydrogens (primary N) is 1. The molecule has 3 rings (SSSR count). The van der Waals surface area contributed by atoms with Crippen LogP contribution in [0.5, 0.6) is 0 Å². The number of nitrogens with zero attached hydrogens (tertiary/aromatic N) is 2. The van der Waals surface area contributed by atoms with E-state index >= 15 is 0 Å². The second-order valence-electron chi connectivity index (χ2n) is 4.56. The highest BCUT2D eigenvalue weighted by molar-refractivity contribution is 6.36. The van der Waals surface area contributed by atoms with Crippen LogP contribution in [0, 0.1) is 0 Å². The van der Waals surface area contributed by atoms with Crippen molar-refractivity contribution in [2.45, 2.75) is 0 Å². The lowest BCUT2D eigenvalue weighted by Gasteiger charge is -1.98. The lowest BCUT2D eigenvalue weighted by Crippen LogP contribution is -1.94. The molecule has 22 heavy (non-hydrogen) atoms. The minimum atomic E-state index is -0.557. The van der Waals surface area contributed by atoms with Gasteiger partial charge in [-0.15, -0.1) is 10.2 Å². The van der Waals surface area contributed by atoms with Crippen LogP contribution in [0.2, 0.25) is 10.0 Å². The number of aromatic nitrogens is 1. The maximum atomic E-state index is 12.1. The van der Waals surface area contributed by atoms with Gasteiger partial charge in [-0.1, -0.05) is 47.5 Å². The molecule has 0 saturated heterocycles. The number of nitrogens with one attached hydrogen (secondary N) is 1. The standard InChI is InChI=1S/C15H10Cl2N4O/c16-8-5-6-11(12(17)7-8)15(22)21-20-14-10-4-2-1-3-9(10)13(18)19-14/h1-7,19H,18H2. The highest BCUT2D eigenvalue weighted by atomic mass is 35.5. The van der Waals surface area contributed by atoms with Crippen LogP contribution in [-0.4, -0.2) is 10.9 Å². The largest absolute Gasteiger partial charge is 0.385 e. The summed E-state index contributed by atoms with van der Waals surface area (Å²) in [5, 5.41) is 9.93. The average Bonchev–Trinajstić information content (AvgIpc) is 2.82. The van der Waals surface area contributed by atoms with E-state index in [1.165, 1.54) is 12.1 Å². The van der Waals surface area contributed by atoms with Gasteiger partial charge in [0.1, 0.15) is 5.82 Å². The van der Waals surface area contributed by atoms with Gasteiger partial charge in [0.15, 0.2) is 5.82 Å². The van der Waals surface area contributed by atoms with E-state index < -0.39 is 5.91 Å². The third-order valence-electron chi connectivity index (χ3n) is 3.13. The molecule has 1 aromatic heterocycles. The van der Waals surface area contributed by atoms with Crippen LogP contribution in [0.15, 0.2) is 52.7 Å². The minimum Gasteiger partial charge on any atom is -0.385 e. The van der Waals surface area contributed by atoms with E-state index in [2.05, 4.69) is 15.2 Å². The Kier molecular flexibility index (Phi) is 3.83. The van der Waals surface area contributed by atoms with Gasteiger partial charge < -0.3 is 10.7 Å². The zero-order chi connectivity index (χ0) is 15.7. The van der Waals surface area contributed by atoms with Crippen LogP contribution in [-0.2, 0) is 0 Å². The Balaban J connectivity index is 1.94. The van der Waals surface area contributed by atoms with Gasteiger partial charge in [0.2, 0.25) is 0 Å². The number of amides is 1. The van der Waals surface area contributed by atoms with Crippen molar-refractivity contribution in [1.29, 1.82) is 0 Å². The summed E-state index contributed by atoms with van der Waals surface area (Å²) in [6.45, 7) is 0. The molecule has 110 valence electrons. The Morgan fingerprint density at radius 3 is 2.55 bits per heavy atom. The Bertz CT molecular complexity index is 902. The third kappa shape index (κ3) is 2.68. The van der Waals surface area contributed by atoms with E-state index in [0.717, 1.165) is 10.8 Å². The first-order chi connectivity index (χ1) is 10.6. The Morgan fingerprint density at radius 2 is 1.82 bits per heavy atom. The van der Waals surface area contributed by atoms with Crippen molar-refractivity contribution in [2.75, 3.05) is 5.73 Å². The number of H-pyrrole nitrogens is 1. The van der Waals surface area contributed by atoms with E-state index in [4.69, 9.17) is 28.9 Å². The molecule has 0 fully saturated rings. The van der Waals surface area contributed by atoms with Gasteiger partial charge in [-0.3, -0.25) is 4.79 Å². The van der Waals surface area contributed by atoms with Gasteiger partial charge in [-0.25, -0.2) is 0 Å². The van der Waals surface area contributed by atoms with Crippen molar-refractivity contribution in [1.82, 2.24) is 4.98 Å². The predicted molar refractivity (Wildman–Crippen MR) is 88.0 cm³/mol. The zero-order valence-corrected chi connectivity index (χ0v) is 12.7. The molecule has 0 bridgehead atoms. The van der Waals surface area contributed by atoms with Crippen molar-refractivity contribution in [2.24, 2.45) is 10.2 Å². The summed E-state index contributed by atoms with van der Waals surface area (Å²) < 4.78 is 0. The zero-order valence-electron chi connectivity index (χ0n) is 11.2. The summed E-state index contributed by atoms with van der Waals surface area (Å²) in [5.74, 6) is 0.340. The first-order valence-electron chi connectivity index (χ1n) is 6.33. The van der Waals surface area contributed by atoms with Crippen LogP contribution in [0.25, 0.3) is 10.8 Å². The molecule has 1 heterocycles. The van der Waals surface area contributed by atoms with Crippen LogP contribution >= 0.6 is 23.2 Å². The maximum absolute atomic E-state index is 12.1. The fourth-order valence-corrected chi connectivity index (χ4v) is 2.57. The van der Waals surface area contributed by atoms with Crippen LogP contribution in [0.1, 0.15) is 10.4 Å². The Hall–Kier alpha value is -2.37. The number of aromatic amines is 1. The molecule has 3 N–H and O–H groups in total. The van der Waals surface area contributed by atoms with Gasteiger partial charge >= 0.3 is 0 Å². The van der Waals surface area contributed by atoms with Gasteiger partial charge in [0.25, 0.3) is 5.91 Å².